The van der Waals surface area contributed by atoms with E-state index in [1.807, 2.05) is 0 Å². The monoisotopic (exact) mass is 265 g/mol. The maximum atomic E-state index is 12.4. The lowest BCUT2D eigenvalue weighted by Gasteiger charge is -2.23. The summed E-state index contributed by atoms with van der Waals surface area (Å²) in [6, 6.07) is 2.70. The molecule has 0 aliphatic heterocycles. The Kier molecular flexibility index (Phi) is 4.42. The third kappa shape index (κ3) is 2.85. The molecule has 0 unspecified atom stereocenters. The molecule has 1 rings (SSSR count). The van der Waals surface area contributed by atoms with Crippen LogP contribution in [0.2, 0.25) is 0 Å². The number of rotatable bonds is 4. The van der Waals surface area contributed by atoms with Gasteiger partial charge in [-0.2, -0.15) is 13.2 Å². The molecule has 0 aromatic heterocycles. The second kappa shape index (κ2) is 5.45. The van der Waals surface area contributed by atoms with Gasteiger partial charge in [-0.25, -0.2) is 0 Å². The number of hydrogen-bond donors (Lipinski definition) is 2. The maximum Gasteiger partial charge on any atom is 0.416 e. The molecule has 0 saturated heterocycles. The highest BCUT2D eigenvalue weighted by atomic mass is 19.4. The van der Waals surface area contributed by atoms with Crippen LogP contribution in [0.1, 0.15) is 11.6 Å². The van der Waals surface area contributed by atoms with Gasteiger partial charge < -0.3 is 20.3 Å². The molecule has 3 N–H and O–H groups in total. The van der Waals surface area contributed by atoms with Crippen molar-refractivity contribution in [2.75, 3.05) is 14.2 Å². The first kappa shape index (κ1) is 14.6. The Balaban J connectivity index is 3.17. The van der Waals surface area contributed by atoms with Crippen molar-refractivity contribution in [3.8, 4) is 11.5 Å². The van der Waals surface area contributed by atoms with Crippen molar-refractivity contribution in [2.24, 2.45) is 5.73 Å². The fourth-order valence-electron chi connectivity index (χ4n) is 1.55. The van der Waals surface area contributed by atoms with E-state index < -0.39 is 18.3 Å². The van der Waals surface area contributed by atoms with Crippen molar-refractivity contribution < 1.29 is 27.8 Å². The number of halogens is 3. The standard InChI is InChI=1S/C11H14F3NO3/c1-17-7-5-3-4-6(9(7)18-2)8(15)10(16)11(12,13)14/h3-5,8,10,16H,15H2,1-2H3/t8-,10-/m0/s1. The molecule has 102 valence electrons. The normalized spacial score (nSPS) is 15.1. The molecule has 0 fully saturated rings. The van der Waals surface area contributed by atoms with Crippen LogP contribution < -0.4 is 15.2 Å². The lowest BCUT2D eigenvalue weighted by molar-refractivity contribution is -0.210. The Morgan fingerprint density at radius 3 is 2.28 bits per heavy atom. The molecule has 2 atom stereocenters. The van der Waals surface area contributed by atoms with Crippen molar-refractivity contribution in [3.05, 3.63) is 23.8 Å². The highest BCUT2D eigenvalue weighted by Crippen LogP contribution is 2.37. The molecule has 0 amide bonds. The van der Waals surface area contributed by atoms with Gasteiger partial charge >= 0.3 is 6.18 Å². The Bertz CT molecular complexity index is 409. The number of ether oxygens (including phenoxy) is 2. The third-order valence-electron chi connectivity index (χ3n) is 2.47. The van der Waals surface area contributed by atoms with Crippen LogP contribution in [0.4, 0.5) is 13.2 Å². The van der Waals surface area contributed by atoms with Gasteiger partial charge in [-0.15, -0.1) is 0 Å². The molecule has 1 aromatic carbocycles. The second-order valence-corrected chi connectivity index (χ2v) is 3.59. The predicted molar refractivity (Wildman–Crippen MR) is 58.5 cm³/mol. The average molecular weight is 265 g/mol. The fraction of sp³-hybridized carbons (Fsp3) is 0.455. The number of methoxy groups -OCH3 is 2. The zero-order chi connectivity index (χ0) is 13.9. The molecule has 0 bridgehead atoms. The first-order valence-corrected chi connectivity index (χ1v) is 5.04. The number of benzene rings is 1. The van der Waals surface area contributed by atoms with E-state index in [1.54, 1.807) is 0 Å². The minimum atomic E-state index is -4.80. The summed E-state index contributed by atoms with van der Waals surface area (Å²) in [4.78, 5) is 0. The summed E-state index contributed by atoms with van der Waals surface area (Å²) in [7, 11) is 2.64. The summed E-state index contributed by atoms with van der Waals surface area (Å²) in [5.74, 6) is 0.329. The van der Waals surface area contributed by atoms with Crippen LogP contribution >= 0.6 is 0 Å². The Hall–Kier alpha value is -1.47. The van der Waals surface area contributed by atoms with Crippen LogP contribution in [-0.2, 0) is 0 Å². The van der Waals surface area contributed by atoms with E-state index in [0.29, 0.717) is 0 Å². The van der Waals surface area contributed by atoms with E-state index in [-0.39, 0.29) is 17.1 Å². The van der Waals surface area contributed by atoms with E-state index in [1.165, 1.54) is 32.4 Å². The number of alkyl halides is 3. The number of hydrogen-bond acceptors (Lipinski definition) is 4. The summed E-state index contributed by atoms with van der Waals surface area (Å²) in [6.45, 7) is 0. The molecule has 18 heavy (non-hydrogen) atoms. The first-order valence-electron chi connectivity index (χ1n) is 5.04. The van der Waals surface area contributed by atoms with Crippen molar-refractivity contribution >= 4 is 0 Å². The molecular weight excluding hydrogens is 251 g/mol. The van der Waals surface area contributed by atoms with E-state index >= 15 is 0 Å². The molecule has 0 saturated carbocycles. The van der Waals surface area contributed by atoms with Crippen LogP contribution in [0.3, 0.4) is 0 Å². The topological polar surface area (TPSA) is 64.7 Å². The van der Waals surface area contributed by atoms with Crippen molar-refractivity contribution in [1.82, 2.24) is 0 Å². The molecule has 7 heteroatoms. The summed E-state index contributed by atoms with van der Waals surface area (Å²) in [6.07, 6.45) is -7.47. The SMILES string of the molecule is COc1cccc([C@H](N)[C@H](O)C(F)(F)F)c1OC. The highest BCUT2D eigenvalue weighted by Gasteiger charge is 2.43. The van der Waals surface area contributed by atoms with E-state index in [2.05, 4.69) is 0 Å². The minimum absolute atomic E-state index is 0.0293. The van der Waals surface area contributed by atoms with Crippen molar-refractivity contribution in [3.63, 3.8) is 0 Å². The van der Waals surface area contributed by atoms with Crippen LogP contribution in [0.25, 0.3) is 0 Å². The van der Waals surface area contributed by atoms with Crippen LogP contribution in [0, 0.1) is 0 Å². The third-order valence-corrected chi connectivity index (χ3v) is 2.47. The van der Waals surface area contributed by atoms with E-state index in [4.69, 9.17) is 20.3 Å². The van der Waals surface area contributed by atoms with Gasteiger partial charge in [0.05, 0.1) is 20.3 Å². The fourth-order valence-corrected chi connectivity index (χ4v) is 1.55. The summed E-state index contributed by atoms with van der Waals surface area (Å²) >= 11 is 0. The van der Waals surface area contributed by atoms with Gasteiger partial charge in [-0.3, -0.25) is 0 Å². The Labute approximate surface area is 102 Å². The van der Waals surface area contributed by atoms with E-state index in [0.717, 1.165) is 0 Å². The van der Waals surface area contributed by atoms with Crippen LogP contribution in [0.15, 0.2) is 18.2 Å². The van der Waals surface area contributed by atoms with Crippen molar-refractivity contribution in [2.45, 2.75) is 18.3 Å². The smallest absolute Gasteiger partial charge is 0.416 e. The zero-order valence-electron chi connectivity index (χ0n) is 9.86. The largest absolute Gasteiger partial charge is 0.493 e. The summed E-state index contributed by atoms with van der Waals surface area (Å²) < 4.78 is 47.1. The predicted octanol–water partition coefficient (Wildman–Crippen LogP) is 1.63. The molecule has 1 aromatic rings. The van der Waals surface area contributed by atoms with Gasteiger partial charge in [0.2, 0.25) is 0 Å². The molecule has 0 aliphatic rings. The highest BCUT2D eigenvalue weighted by molar-refractivity contribution is 5.48. The second-order valence-electron chi connectivity index (χ2n) is 3.59. The number of para-hydroxylation sites is 1. The van der Waals surface area contributed by atoms with Crippen molar-refractivity contribution in [1.29, 1.82) is 0 Å². The van der Waals surface area contributed by atoms with Crippen LogP contribution in [0.5, 0.6) is 11.5 Å². The molecule has 4 nitrogen and oxygen atoms in total. The molecule has 0 aliphatic carbocycles. The Morgan fingerprint density at radius 2 is 1.83 bits per heavy atom. The van der Waals surface area contributed by atoms with Gasteiger partial charge in [0.15, 0.2) is 17.6 Å². The quantitative estimate of drug-likeness (QED) is 0.868. The summed E-state index contributed by atoms with van der Waals surface area (Å²) in [5, 5.41) is 9.14. The molecule has 0 radical (unpaired) electrons. The number of aliphatic hydroxyl groups is 1. The van der Waals surface area contributed by atoms with E-state index in [9.17, 15) is 13.2 Å². The van der Waals surface area contributed by atoms with Gasteiger partial charge in [0.25, 0.3) is 0 Å². The first-order chi connectivity index (χ1) is 8.32. The maximum absolute atomic E-state index is 12.4. The van der Waals surface area contributed by atoms with Gasteiger partial charge in [0.1, 0.15) is 0 Å². The van der Waals surface area contributed by atoms with Crippen LogP contribution in [-0.4, -0.2) is 31.6 Å². The lowest BCUT2D eigenvalue weighted by atomic mass is 10.0. The minimum Gasteiger partial charge on any atom is -0.493 e. The Morgan fingerprint density at radius 1 is 1.22 bits per heavy atom. The lowest BCUT2D eigenvalue weighted by Crippen LogP contribution is -2.39. The molecule has 0 spiro atoms. The summed E-state index contributed by atoms with van der Waals surface area (Å²) in [5.41, 5.74) is 5.45. The average Bonchev–Trinajstić information content (AvgIpc) is 2.34. The van der Waals surface area contributed by atoms with Gasteiger partial charge in [-0.1, -0.05) is 12.1 Å². The number of nitrogens with two attached hydrogens (primary N) is 1. The zero-order valence-corrected chi connectivity index (χ0v) is 9.86. The van der Waals surface area contributed by atoms with Gasteiger partial charge in [-0.05, 0) is 6.07 Å². The van der Waals surface area contributed by atoms with Gasteiger partial charge in [0, 0.05) is 5.56 Å². The molecule has 0 heterocycles. The number of aliphatic hydroxyl groups excluding tert-OH is 1. The molecular formula is C11H14F3NO3.